The second kappa shape index (κ2) is 6.64. The van der Waals surface area contributed by atoms with Crippen molar-refractivity contribution in [1.29, 1.82) is 0 Å². The number of piperazine rings is 1. The fourth-order valence-electron chi connectivity index (χ4n) is 4.80. The smallest absolute Gasteiger partial charge is 0.227 e. The predicted molar refractivity (Wildman–Crippen MR) is 90.1 cm³/mol. The van der Waals surface area contributed by atoms with E-state index in [2.05, 4.69) is 24.3 Å². The van der Waals surface area contributed by atoms with Gasteiger partial charge in [0.25, 0.3) is 0 Å². The van der Waals surface area contributed by atoms with Gasteiger partial charge in [-0.25, -0.2) is 0 Å². The Bertz CT molecular complexity index is 679. The van der Waals surface area contributed by atoms with Crippen LogP contribution in [0.5, 0.6) is 0 Å². The number of allylic oxidation sites excluding steroid dienone is 2. The van der Waals surface area contributed by atoms with Crippen molar-refractivity contribution >= 4 is 11.9 Å². The standard InChI is InChI=1S/C20H24N2O3/c23-19(17-15-6-7-16(12-15)18(17)20(24)25)22-10-8-21(9-11-22)13-14-4-2-1-3-5-14/h1-7,15-18H,8-13H2,(H,24,25)/t15-,16+,17+,18+/m0/s1. The molecule has 1 amide bonds. The monoisotopic (exact) mass is 340 g/mol. The summed E-state index contributed by atoms with van der Waals surface area (Å²) >= 11 is 0. The van der Waals surface area contributed by atoms with E-state index >= 15 is 0 Å². The molecule has 2 aliphatic carbocycles. The van der Waals surface area contributed by atoms with Crippen LogP contribution in [0.1, 0.15) is 12.0 Å². The molecule has 5 nitrogen and oxygen atoms in total. The molecule has 132 valence electrons. The van der Waals surface area contributed by atoms with Gasteiger partial charge in [0.1, 0.15) is 6.54 Å². The van der Waals surface area contributed by atoms with Crippen molar-refractivity contribution in [1.82, 2.24) is 4.90 Å². The molecule has 1 aromatic carbocycles. The molecule has 4 atom stereocenters. The number of amides is 1. The number of benzene rings is 1. The van der Waals surface area contributed by atoms with Crippen molar-refractivity contribution in [3.63, 3.8) is 0 Å². The van der Waals surface area contributed by atoms with Crippen molar-refractivity contribution in [2.75, 3.05) is 26.2 Å². The molecule has 1 heterocycles. The van der Waals surface area contributed by atoms with Crippen LogP contribution in [0, 0.1) is 23.7 Å². The normalized spacial score (nSPS) is 31.4. The maximum atomic E-state index is 13.0. The number of hydrogen-bond donors (Lipinski definition) is 1. The molecule has 4 rings (SSSR count). The van der Waals surface area contributed by atoms with Crippen LogP contribution in [0.25, 0.3) is 0 Å². The van der Waals surface area contributed by atoms with Crippen LogP contribution in [0.4, 0.5) is 0 Å². The summed E-state index contributed by atoms with van der Waals surface area (Å²) in [6.45, 7) is 4.21. The van der Waals surface area contributed by atoms with E-state index in [1.807, 2.05) is 23.1 Å². The number of carboxylic acids is 1. The average molecular weight is 340 g/mol. The molecule has 0 spiro atoms. The minimum atomic E-state index is -1.07. The van der Waals surface area contributed by atoms with E-state index in [0.29, 0.717) is 13.1 Å². The zero-order chi connectivity index (χ0) is 17.4. The van der Waals surface area contributed by atoms with E-state index in [1.165, 1.54) is 10.5 Å². The zero-order valence-corrected chi connectivity index (χ0v) is 14.3. The number of quaternary nitrogens is 1. The van der Waals surface area contributed by atoms with Gasteiger partial charge in [0.2, 0.25) is 5.91 Å². The average Bonchev–Trinajstić information content (AvgIpc) is 3.24. The van der Waals surface area contributed by atoms with Crippen molar-refractivity contribution in [3.05, 3.63) is 48.0 Å². The number of aliphatic carboxylic acids is 1. The largest absolute Gasteiger partial charge is 0.550 e. The molecule has 1 aliphatic heterocycles. The fourth-order valence-corrected chi connectivity index (χ4v) is 4.80. The second-order valence-electron chi connectivity index (χ2n) is 7.56. The Morgan fingerprint density at radius 1 is 1.04 bits per heavy atom. The first kappa shape index (κ1) is 16.3. The highest BCUT2D eigenvalue weighted by Crippen LogP contribution is 2.48. The molecule has 2 fully saturated rings. The Balaban J connectivity index is 1.37. The molecular formula is C20H24N2O3. The van der Waals surface area contributed by atoms with E-state index < -0.39 is 17.8 Å². The minimum Gasteiger partial charge on any atom is -0.550 e. The van der Waals surface area contributed by atoms with Gasteiger partial charge >= 0.3 is 0 Å². The lowest BCUT2D eigenvalue weighted by molar-refractivity contribution is -0.917. The molecule has 0 unspecified atom stereocenters. The molecule has 3 aliphatic rings. The minimum absolute atomic E-state index is 0.0183. The second-order valence-corrected chi connectivity index (χ2v) is 7.56. The summed E-state index contributed by atoms with van der Waals surface area (Å²) < 4.78 is 0. The maximum absolute atomic E-state index is 13.0. The first-order valence-corrected chi connectivity index (χ1v) is 9.19. The lowest BCUT2D eigenvalue weighted by Crippen LogP contribution is -3.13. The predicted octanol–water partition coefficient (Wildman–Crippen LogP) is -0.898. The number of carbonyl (C=O) groups excluding carboxylic acids is 2. The summed E-state index contributed by atoms with van der Waals surface area (Å²) in [6.07, 6.45) is 4.77. The molecular weight excluding hydrogens is 316 g/mol. The van der Waals surface area contributed by atoms with Gasteiger partial charge in [-0.1, -0.05) is 42.5 Å². The molecule has 1 aromatic rings. The van der Waals surface area contributed by atoms with E-state index in [0.717, 1.165) is 26.1 Å². The molecule has 0 aromatic heterocycles. The van der Waals surface area contributed by atoms with Gasteiger partial charge < -0.3 is 19.7 Å². The lowest BCUT2D eigenvalue weighted by Gasteiger charge is -2.37. The quantitative estimate of drug-likeness (QED) is 0.723. The summed E-state index contributed by atoms with van der Waals surface area (Å²) in [5.74, 6) is -2.05. The van der Waals surface area contributed by atoms with E-state index in [1.54, 1.807) is 0 Å². The summed E-state index contributed by atoms with van der Waals surface area (Å²) in [5, 5.41) is 11.5. The van der Waals surface area contributed by atoms with Gasteiger partial charge in [-0.15, -0.1) is 0 Å². The lowest BCUT2D eigenvalue weighted by atomic mass is 9.82. The highest BCUT2D eigenvalue weighted by Gasteiger charge is 2.50. The number of nitrogens with one attached hydrogen (secondary N) is 1. The van der Waals surface area contributed by atoms with Crippen molar-refractivity contribution in [2.45, 2.75) is 13.0 Å². The van der Waals surface area contributed by atoms with Gasteiger partial charge in [-0.05, 0) is 18.3 Å². The summed E-state index contributed by atoms with van der Waals surface area (Å²) in [7, 11) is 0. The Morgan fingerprint density at radius 2 is 1.68 bits per heavy atom. The molecule has 1 N–H and O–H groups in total. The van der Waals surface area contributed by atoms with Crippen LogP contribution in [-0.2, 0) is 16.1 Å². The maximum Gasteiger partial charge on any atom is 0.227 e. The number of nitrogens with zero attached hydrogens (tertiary/aromatic N) is 1. The molecule has 1 saturated heterocycles. The van der Waals surface area contributed by atoms with Crippen LogP contribution in [0.2, 0.25) is 0 Å². The van der Waals surface area contributed by atoms with E-state index in [-0.39, 0.29) is 17.7 Å². The zero-order valence-electron chi connectivity index (χ0n) is 14.3. The van der Waals surface area contributed by atoms with E-state index in [4.69, 9.17) is 0 Å². The highest BCUT2D eigenvalue weighted by molar-refractivity contribution is 5.86. The number of carboxylic acid groups (broad SMARTS) is 1. The Hall–Kier alpha value is -2.14. The van der Waals surface area contributed by atoms with Crippen molar-refractivity contribution in [2.24, 2.45) is 23.7 Å². The van der Waals surface area contributed by atoms with Crippen LogP contribution >= 0.6 is 0 Å². The van der Waals surface area contributed by atoms with Crippen LogP contribution in [-0.4, -0.2) is 43.0 Å². The summed E-state index contributed by atoms with van der Waals surface area (Å²) in [6, 6.07) is 10.4. The third kappa shape index (κ3) is 3.09. The number of hydrogen-bond acceptors (Lipinski definition) is 3. The van der Waals surface area contributed by atoms with Gasteiger partial charge in [0.15, 0.2) is 0 Å². The van der Waals surface area contributed by atoms with Crippen molar-refractivity contribution < 1.29 is 19.6 Å². The van der Waals surface area contributed by atoms with Crippen molar-refractivity contribution in [3.8, 4) is 0 Å². The van der Waals surface area contributed by atoms with Crippen LogP contribution in [0.15, 0.2) is 42.5 Å². The summed E-state index contributed by atoms with van der Waals surface area (Å²) in [5.41, 5.74) is 1.31. The van der Waals surface area contributed by atoms with Gasteiger partial charge in [0, 0.05) is 17.5 Å². The topological polar surface area (TPSA) is 64.9 Å². The molecule has 5 heteroatoms. The number of carbonyl (C=O) groups is 2. The molecule has 1 saturated carbocycles. The number of rotatable bonds is 4. The SMILES string of the molecule is O=C([O-])[C@H]1[C@H](C(=O)N2CC[NH+](Cc3ccccc3)CC2)[C@H]2C=C[C@@H]1C2. The fraction of sp³-hybridized carbons (Fsp3) is 0.500. The third-order valence-electron chi connectivity index (χ3n) is 6.10. The van der Waals surface area contributed by atoms with E-state index in [9.17, 15) is 14.7 Å². The molecule has 25 heavy (non-hydrogen) atoms. The van der Waals surface area contributed by atoms with Gasteiger partial charge in [0.05, 0.1) is 32.1 Å². The third-order valence-corrected chi connectivity index (χ3v) is 6.10. The Kier molecular flexibility index (Phi) is 4.34. The first-order valence-electron chi connectivity index (χ1n) is 9.19. The highest BCUT2D eigenvalue weighted by atomic mass is 16.4. The van der Waals surface area contributed by atoms with Crippen LogP contribution < -0.4 is 10.0 Å². The molecule has 0 radical (unpaired) electrons. The van der Waals surface area contributed by atoms with Gasteiger partial charge in [-0.2, -0.15) is 0 Å². The van der Waals surface area contributed by atoms with Crippen LogP contribution in [0.3, 0.4) is 0 Å². The first-order chi connectivity index (χ1) is 12.1. The Labute approximate surface area is 147 Å². The van der Waals surface area contributed by atoms with Gasteiger partial charge in [-0.3, -0.25) is 4.79 Å². The molecule has 2 bridgehead atoms. The Morgan fingerprint density at radius 3 is 2.32 bits per heavy atom. The number of fused-ring (bicyclic) bond motifs is 2. The summed E-state index contributed by atoms with van der Waals surface area (Å²) in [4.78, 5) is 27.8.